The molecule has 1 aromatic heterocycles. The van der Waals surface area contributed by atoms with E-state index in [1.54, 1.807) is 0 Å². The van der Waals surface area contributed by atoms with Crippen molar-refractivity contribution in [2.24, 2.45) is 5.41 Å². The van der Waals surface area contributed by atoms with Crippen molar-refractivity contribution in [3.8, 4) is 0 Å². The van der Waals surface area contributed by atoms with Crippen molar-refractivity contribution < 1.29 is 4.39 Å². The van der Waals surface area contributed by atoms with E-state index in [2.05, 4.69) is 4.98 Å². The Balaban J connectivity index is 1.90. The van der Waals surface area contributed by atoms with Crippen LogP contribution in [0.5, 0.6) is 0 Å². The topological polar surface area (TPSA) is 12.9 Å². The third-order valence-electron chi connectivity index (χ3n) is 3.80. The van der Waals surface area contributed by atoms with Crippen molar-refractivity contribution in [1.82, 2.24) is 4.98 Å². The zero-order valence-electron chi connectivity index (χ0n) is 8.06. The van der Waals surface area contributed by atoms with Crippen LogP contribution in [0.15, 0.2) is 12.1 Å². The lowest BCUT2D eigenvalue weighted by atomic mass is 9.34. The van der Waals surface area contributed by atoms with Crippen molar-refractivity contribution in [2.75, 3.05) is 6.67 Å². The number of nitrogens with zero attached hydrogens (tertiary/aromatic N) is 1. The Morgan fingerprint density at radius 1 is 1.20 bits per heavy atom. The maximum Gasteiger partial charge on any atom is 0.131 e. The van der Waals surface area contributed by atoms with Crippen LogP contribution in [-0.2, 0) is 5.41 Å². The first kappa shape index (κ1) is 9.86. The van der Waals surface area contributed by atoms with Crippen LogP contribution in [-0.4, -0.2) is 11.7 Å². The number of hydrogen-bond donors (Lipinski definition) is 0. The Morgan fingerprint density at radius 2 is 1.73 bits per heavy atom. The second-order valence-electron chi connectivity index (χ2n) is 4.95. The Labute approximate surface area is 97.6 Å². The third-order valence-corrected chi connectivity index (χ3v) is 4.19. The van der Waals surface area contributed by atoms with E-state index in [9.17, 15) is 4.39 Å². The van der Waals surface area contributed by atoms with Gasteiger partial charge in [-0.25, -0.2) is 4.98 Å². The molecule has 1 aromatic rings. The summed E-state index contributed by atoms with van der Waals surface area (Å²) in [5.74, 6) is 0. The van der Waals surface area contributed by atoms with E-state index in [0.717, 1.165) is 24.8 Å². The smallest absolute Gasteiger partial charge is 0.131 e. The SMILES string of the molecule is FCC12CC(c3cc(Cl)nc(Cl)c3)(C1)C2. The van der Waals surface area contributed by atoms with Gasteiger partial charge in [-0.3, -0.25) is 4.39 Å². The summed E-state index contributed by atoms with van der Waals surface area (Å²) in [5.41, 5.74) is 1.27. The fourth-order valence-electron chi connectivity index (χ4n) is 3.22. The van der Waals surface area contributed by atoms with Crippen molar-refractivity contribution in [3.05, 3.63) is 28.0 Å². The van der Waals surface area contributed by atoms with Crippen LogP contribution >= 0.6 is 23.2 Å². The molecule has 3 saturated carbocycles. The number of hydrogen-bond acceptors (Lipinski definition) is 1. The van der Waals surface area contributed by atoms with Gasteiger partial charge in [-0.15, -0.1) is 0 Å². The predicted molar refractivity (Wildman–Crippen MR) is 58.2 cm³/mol. The van der Waals surface area contributed by atoms with E-state index in [1.807, 2.05) is 12.1 Å². The third kappa shape index (κ3) is 1.24. The number of alkyl halides is 1. The predicted octanol–water partition coefficient (Wildman–Crippen LogP) is 3.78. The van der Waals surface area contributed by atoms with Crippen LogP contribution < -0.4 is 0 Å². The molecule has 3 fully saturated rings. The van der Waals surface area contributed by atoms with E-state index in [1.165, 1.54) is 0 Å². The molecule has 1 nitrogen and oxygen atoms in total. The van der Waals surface area contributed by atoms with Gasteiger partial charge in [0.2, 0.25) is 0 Å². The summed E-state index contributed by atoms with van der Waals surface area (Å²) < 4.78 is 12.6. The van der Waals surface area contributed by atoms with Gasteiger partial charge in [0, 0.05) is 5.41 Å². The molecule has 0 radical (unpaired) electrons. The van der Waals surface area contributed by atoms with Crippen molar-refractivity contribution >= 4 is 23.2 Å². The highest BCUT2D eigenvalue weighted by atomic mass is 35.5. The first-order valence-electron chi connectivity index (χ1n) is 4.97. The molecule has 3 aliphatic rings. The Hall–Kier alpha value is -0.340. The average molecular weight is 246 g/mol. The second-order valence-corrected chi connectivity index (χ2v) is 5.72. The van der Waals surface area contributed by atoms with E-state index in [4.69, 9.17) is 23.2 Å². The monoisotopic (exact) mass is 245 g/mol. The molecule has 0 atom stereocenters. The summed E-state index contributed by atoms with van der Waals surface area (Å²) in [7, 11) is 0. The van der Waals surface area contributed by atoms with Gasteiger partial charge in [-0.05, 0) is 42.4 Å². The first-order chi connectivity index (χ1) is 7.07. The highest BCUT2D eigenvalue weighted by molar-refractivity contribution is 6.32. The molecule has 0 amide bonds. The lowest BCUT2D eigenvalue weighted by molar-refractivity contribution is -0.152. The van der Waals surface area contributed by atoms with Gasteiger partial charge in [-0.2, -0.15) is 0 Å². The zero-order chi connectivity index (χ0) is 10.7. The first-order valence-corrected chi connectivity index (χ1v) is 5.73. The number of aromatic nitrogens is 1. The fraction of sp³-hybridized carbons (Fsp3) is 0.545. The van der Waals surface area contributed by atoms with Crippen molar-refractivity contribution in [3.63, 3.8) is 0 Å². The molecular weight excluding hydrogens is 236 g/mol. The van der Waals surface area contributed by atoms with Crippen LogP contribution in [0.2, 0.25) is 10.3 Å². The zero-order valence-corrected chi connectivity index (χ0v) is 9.58. The number of rotatable bonds is 2. The largest absolute Gasteiger partial charge is 0.250 e. The molecule has 4 rings (SSSR count). The number of halogens is 3. The quantitative estimate of drug-likeness (QED) is 0.723. The van der Waals surface area contributed by atoms with Crippen LogP contribution in [0.1, 0.15) is 24.8 Å². The standard InChI is InChI=1S/C11H10Cl2FN/c12-8-1-7(2-9(13)15-8)11-3-10(4-11,5-11)6-14/h1-2H,3-6H2. The normalized spacial score (nSPS) is 37.0. The van der Waals surface area contributed by atoms with Gasteiger partial charge >= 0.3 is 0 Å². The molecule has 2 bridgehead atoms. The van der Waals surface area contributed by atoms with Crippen molar-refractivity contribution in [2.45, 2.75) is 24.7 Å². The molecule has 0 spiro atoms. The molecule has 80 valence electrons. The van der Waals surface area contributed by atoms with Gasteiger partial charge in [0.1, 0.15) is 10.3 Å². The summed E-state index contributed by atoms with van der Waals surface area (Å²) in [6.45, 7) is -0.193. The molecule has 0 unspecified atom stereocenters. The van der Waals surface area contributed by atoms with Crippen LogP contribution in [0.3, 0.4) is 0 Å². The Kier molecular flexibility index (Phi) is 1.88. The van der Waals surface area contributed by atoms with Crippen LogP contribution in [0.25, 0.3) is 0 Å². The lowest BCUT2D eigenvalue weighted by Gasteiger charge is -2.70. The molecule has 3 aliphatic carbocycles. The van der Waals surface area contributed by atoms with Gasteiger partial charge < -0.3 is 0 Å². The van der Waals surface area contributed by atoms with Gasteiger partial charge in [-0.1, -0.05) is 23.2 Å². The van der Waals surface area contributed by atoms with Crippen LogP contribution in [0, 0.1) is 5.41 Å². The summed E-state index contributed by atoms with van der Waals surface area (Å²) in [5, 5.41) is 0.855. The van der Waals surface area contributed by atoms with E-state index >= 15 is 0 Å². The molecule has 1 heterocycles. The van der Waals surface area contributed by atoms with Gasteiger partial charge in [0.15, 0.2) is 0 Å². The Morgan fingerprint density at radius 3 is 2.20 bits per heavy atom. The van der Waals surface area contributed by atoms with Gasteiger partial charge in [0.05, 0.1) is 6.67 Å². The fourth-order valence-corrected chi connectivity index (χ4v) is 3.68. The molecule has 0 aromatic carbocycles. The second kappa shape index (κ2) is 2.86. The van der Waals surface area contributed by atoms with Gasteiger partial charge in [0.25, 0.3) is 0 Å². The summed E-state index contributed by atoms with van der Waals surface area (Å²) in [6.07, 6.45) is 2.81. The molecule has 0 aliphatic heterocycles. The highest BCUT2D eigenvalue weighted by Gasteiger charge is 2.68. The Bertz CT molecular complexity index is 393. The maximum atomic E-state index is 12.6. The maximum absolute atomic E-state index is 12.6. The molecular formula is C11H10Cl2FN. The molecule has 4 heteroatoms. The minimum Gasteiger partial charge on any atom is -0.250 e. The molecule has 0 saturated heterocycles. The van der Waals surface area contributed by atoms with E-state index in [0.29, 0.717) is 10.3 Å². The average Bonchev–Trinajstić information content (AvgIpc) is 1.97. The van der Waals surface area contributed by atoms with E-state index in [-0.39, 0.29) is 17.5 Å². The summed E-state index contributed by atoms with van der Waals surface area (Å²) >= 11 is 11.7. The molecule has 0 N–H and O–H groups in total. The minimum atomic E-state index is -0.193. The van der Waals surface area contributed by atoms with Crippen LogP contribution in [0.4, 0.5) is 4.39 Å². The highest BCUT2D eigenvalue weighted by Crippen LogP contribution is 2.73. The molecule has 15 heavy (non-hydrogen) atoms. The number of pyridine rings is 1. The summed E-state index contributed by atoms with van der Waals surface area (Å²) in [4.78, 5) is 3.92. The lowest BCUT2D eigenvalue weighted by Crippen LogP contribution is -2.65. The summed E-state index contributed by atoms with van der Waals surface area (Å²) in [6, 6.07) is 3.71. The minimum absolute atomic E-state index is 0.0117. The van der Waals surface area contributed by atoms with Crippen molar-refractivity contribution in [1.29, 1.82) is 0 Å². The van der Waals surface area contributed by atoms with E-state index < -0.39 is 0 Å².